The lowest BCUT2D eigenvalue weighted by molar-refractivity contribution is -0.385. The highest BCUT2D eigenvalue weighted by Crippen LogP contribution is 2.33. The molecule has 1 saturated carbocycles. The fourth-order valence-electron chi connectivity index (χ4n) is 4.67. The highest BCUT2D eigenvalue weighted by molar-refractivity contribution is 7.89. The van der Waals surface area contributed by atoms with E-state index in [1.807, 2.05) is 4.90 Å². The molecule has 0 aromatic heterocycles. The first-order valence-corrected chi connectivity index (χ1v) is 13.7. The number of sulfonamides is 1. The average Bonchev–Trinajstić information content (AvgIpc) is 3.68. The Kier molecular flexibility index (Phi) is 7.28. The minimum absolute atomic E-state index is 0.0408. The second-order valence-corrected chi connectivity index (χ2v) is 11.9. The van der Waals surface area contributed by atoms with Crippen molar-refractivity contribution in [3.05, 3.63) is 69.3 Å². The minimum Gasteiger partial charge on any atom is -0.335 e. The van der Waals surface area contributed by atoms with Crippen LogP contribution in [0.25, 0.3) is 0 Å². The maximum Gasteiger partial charge on any atom is 0.270 e. The van der Waals surface area contributed by atoms with E-state index in [2.05, 4.69) is 38.1 Å². The van der Waals surface area contributed by atoms with E-state index in [4.69, 9.17) is 0 Å². The van der Waals surface area contributed by atoms with Crippen molar-refractivity contribution in [1.29, 1.82) is 0 Å². The Balaban J connectivity index is 1.43. The first-order chi connectivity index (χ1) is 16.6. The van der Waals surface area contributed by atoms with E-state index in [0.29, 0.717) is 30.9 Å². The van der Waals surface area contributed by atoms with Crippen molar-refractivity contribution in [3.8, 4) is 0 Å². The van der Waals surface area contributed by atoms with E-state index in [-0.39, 0.29) is 41.5 Å². The minimum atomic E-state index is -3.88. The molecule has 1 heterocycles. The molecule has 0 bridgehead atoms. The molecular formula is C26H33N3O5S. The Morgan fingerprint density at radius 2 is 1.71 bits per heavy atom. The molecule has 2 aromatic rings. The summed E-state index contributed by atoms with van der Waals surface area (Å²) in [5.74, 6) is 0.338. The first-order valence-electron chi connectivity index (χ1n) is 12.2. The van der Waals surface area contributed by atoms with Crippen LogP contribution in [-0.2, 0) is 21.4 Å². The molecule has 0 radical (unpaired) electrons. The monoisotopic (exact) mass is 499 g/mol. The second kappa shape index (κ2) is 10.1. The zero-order valence-corrected chi connectivity index (χ0v) is 21.3. The molecule has 0 N–H and O–H groups in total. The van der Waals surface area contributed by atoms with Gasteiger partial charge in [-0.25, -0.2) is 8.42 Å². The summed E-state index contributed by atoms with van der Waals surface area (Å²) in [6, 6.07) is 12.6. The van der Waals surface area contributed by atoms with Crippen molar-refractivity contribution in [2.45, 2.75) is 69.9 Å². The smallest absolute Gasteiger partial charge is 0.270 e. The lowest BCUT2D eigenvalue weighted by Gasteiger charge is -2.34. The number of benzene rings is 2. The Labute approximate surface area is 207 Å². The molecule has 0 spiro atoms. The topological polar surface area (TPSA) is 101 Å². The summed E-state index contributed by atoms with van der Waals surface area (Å²) in [5.41, 5.74) is 2.60. The normalized spacial score (nSPS) is 17.5. The maximum atomic E-state index is 13.4. The van der Waals surface area contributed by atoms with Crippen molar-refractivity contribution in [1.82, 2.24) is 9.21 Å². The van der Waals surface area contributed by atoms with Gasteiger partial charge in [0, 0.05) is 43.7 Å². The van der Waals surface area contributed by atoms with Gasteiger partial charge in [0.05, 0.1) is 9.82 Å². The number of non-ortho nitro benzene ring substituents is 1. The van der Waals surface area contributed by atoms with Gasteiger partial charge >= 0.3 is 0 Å². The largest absolute Gasteiger partial charge is 0.335 e. The zero-order valence-electron chi connectivity index (χ0n) is 20.5. The number of carbonyl (C=O) groups is 1. The third-order valence-corrected chi connectivity index (χ3v) is 9.11. The van der Waals surface area contributed by atoms with Gasteiger partial charge in [-0.3, -0.25) is 14.9 Å². The number of nitro groups is 1. The van der Waals surface area contributed by atoms with Crippen LogP contribution in [0.3, 0.4) is 0 Å². The van der Waals surface area contributed by atoms with Gasteiger partial charge < -0.3 is 4.90 Å². The van der Waals surface area contributed by atoms with E-state index in [0.717, 1.165) is 24.5 Å². The van der Waals surface area contributed by atoms with E-state index >= 15 is 0 Å². The highest BCUT2D eigenvalue weighted by Gasteiger charge is 2.39. The van der Waals surface area contributed by atoms with Crippen LogP contribution in [0.4, 0.5) is 5.69 Å². The predicted octanol–water partition coefficient (Wildman–Crippen LogP) is 4.62. The fraction of sp³-hybridized carbons (Fsp3) is 0.500. The third-order valence-electron chi connectivity index (χ3n) is 7.07. The highest BCUT2D eigenvalue weighted by atomic mass is 32.2. The van der Waals surface area contributed by atoms with Crippen LogP contribution in [0.15, 0.2) is 47.4 Å². The molecule has 188 valence electrons. The van der Waals surface area contributed by atoms with Crippen LogP contribution < -0.4 is 0 Å². The molecule has 8 nitrogen and oxygen atoms in total. The molecule has 2 aromatic carbocycles. The van der Waals surface area contributed by atoms with Gasteiger partial charge in [0.15, 0.2) is 0 Å². The number of nitro benzene ring substituents is 1. The van der Waals surface area contributed by atoms with E-state index in [1.54, 1.807) is 6.92 Å². The Bertz CT molecular complexity index is 1200. The number of hydrogen-bond donors (Lipinski definition) is 0. The van der Waals surface area contributed by atoms with Crippen LogP contribution in [0, 0.1) is 23.0 Å². The van der Waals surface area contributed by atoms with Crippen LogP contribution in [0.5, 0.6) is 0 Å². The molecule has 4 rings (SSSR count). The fourth-order valence-corrected chi connectivity index (χ4v) is 6.39. The zero-order chi connectivity index (χ0) is 25.3. The standard InChI is InChI=1S/C26H33N3O5S/c1-18(2)21-7-5-20(6-8-21)17-28(23-10-11-23)26(30)22-12-14-27(15-13-22)35(33,34)25-16-24(29(31)32)9-4-19(25)3/h4-9,16,18,22-23H,10-15,17H2,1-3H3. The average molecular weight is 500 g/mol. The van der Waals surface area contributed by atoms with Crippen LogP contribution in [0.1, 0.15) is 62.1 Å². The summed E-state index contributed by atoms with van der Waals surface area (Å²) in [6.45, 7) is 6.97. The molecule has 2 fully saturated rings. The van der Waals surface area contributed by atoms with E-state index in [1.165, 1.54) is 22.0 Å². The molecule has 0 unspecified atom stereocenters. The number of rotatable bonds is 8. The van der Waals surface area contributed by atoms with Gasteiger partial charge in [-0.2, -0.15) is 4.31 Å². The summed E-state index contributed by atoms with van der Waals surface area (Å²) in [6.07, 6.45) is 2.91. The molecule has 35 heavy (non-hydrogen) atoms. The molecule has 1 saturated heterocycles. The first kappa shape index (κ1) is 25.3. The molecule has 1 aliphatic carbocycles. The van der Waals surface area contributed by atoms with Crippen molar-refractivity contribution in [2.24, 2.45) is 5.92 Å². The quantitative estimate of drug-likeness (QED) is 0.390. The van der Waals surface area contributed by atoms with Crippen molar-refractivity contribution < 1.29 is 18.1 Å². The Morgan fingerprint density at radius 3 is 2.26 bits per heavy atom. The number of aryl methyl sites for hydroxylation is 1. The van der Waals surface area contributed by atoms with Gasteiger partial charge in [0.25, 0.3) is 5.69 Å². The van der Waals surface area contributed by atoms with Crippen molar-refractivity contribution >= 4 is 21.6 Å². The lowest BCUT2D eigenvalue weighted by Crippen LogP contribution is -2.45. The van der Waals surface area contributed by atoms with Gasteiger partial charge in [-0.15, -0.1) is 0 Å². The van der Waals surface area contributed by atoms with Gasteiger partial charge in [-0.1, -0.05) is 44.2 Å². The van der Waals surface area contributed by atoms with Gasteiger partial charge in [0.1, 0.15) is 0 Å². The molecule has 1 aliphatic heterocycles. The lowest BCUT2D eigenvalue weighted by atomic mass is 9.96. The summed E-state index contributed by atoms with van der Waals surface area (Å²) in [7, 11) is -3.88. The molecule has 0 atom stereocenters. The van der Waals surface area contributed by atoms with E-state index in [9.17, 15) is 23.3 Å². The number of amides is 1. The van der Waals surface area contributed by atoms with Crippen LogP contribution in [0.2, 0.25) is 0 Å². The van der Waals surface area contributed by atoms with Gasteiger partial charge in [0.2, 0.25) is 15.9 Å². The SMILES string of the molecule is Cc1ccc([N+](=O)[O-])cc1S(=O)(=O)N1CCC(C(=O)N(Cc2ccc(C(C)C)cc2)C2CC2)CC1. The summed E-state index contributed by atoms with van der Waals surface area (Å²) >= 11 is 0. The molecule has 2 aliphatic rings. The summed E-state index contributed by atoms with van der Waals surface area (Å²) in [5, 5.41) is 11.1. The van der Waals surface area contributed by atoms with Crippen molar-refractivity contribution in [3.63, 3.8) is 0 Å². The van der Waals surface area contributed by atoms with E-state index < -0.39 is 14.9 Å². The Hall–Kier alpha value is -2.78. The third kappa shape index (κ3) is 5.56. The van der Waals surface area contributed by atoms with Crippen molar-refractivity contribution in [2.75, 3.05) is 13.1 Å². The molecule has 9 heteroatoms. The van der Waals surface area contributed by atoms with Crippen LogP contribution in [-0.4, -0.2) is 47.6 Å². The Morgan fingerprint density at radius 1 is 1.09 bits per heavy atom. The van der Waals surface area contributed by atoms with Crippen LogP contribution >= 0.6 is 0 Å². The summed E-state index contributed by atoms with van der Waals surface area (Å²) < 4.78 is 27.8. The number of carbonyl (C=O) groups excluding carboxylic acids is 1. The second-order valence-electron chi connectivity index (χ2n) is 9.98. The number of hydrogen-bond acceptors (Lipinski definition) is 5. The summed E-state index contributed by atoms with van der Waals surface area (Å²) in [4.78, 5) is 25.9. The predicted molar refractivity (Wildman–Crippen MR) is 133 cm³/mol. The van der Waals surface area contributed by atoms with Gasteiger partial charge in [-0.05, 0) is 55.2 Å². The number of piperidine rings is 1. The molecular weight excluding hydrogens is 466 g/mol. The molecule has 1 amide bonds. The number of nitrogens with zero attached hydrogens (tertiary/aromatic N) is 3. The maximum absolute atomic E-state index is 13.4.